The SMILES string of the molecule is CCC(O)(CC)CNC(=O)CCN1C(=O)CCc2cc(F)ccc21. The molecule has 0 atom stereocenters. The van der Waals surface area contributed by atoms with E-state index in [1.807, 2.05) is 13.8 Å². The molecule has 1 aliphatic heterocycles. The average Bonchev–Trinajstić information content (AvgIpc) is 2.59. The van der Waals surface area contributed by atoms with Gasteiger partial charge >= 0.3 is 0 Å². The number of anilines is 1. The summed E-state index contributed by atoms with van der Waals surface area (Å²) in [5.74, 6) is -0.586. The minimum Gasteiger partial charge on any atom is -0.388 e. The van der Waals surface area contributed by atoms with Crippen LogP contribution in [-0.2, 0) is 16.0 Å². The number of halogens is 1. The van der Waals surface area contributed by atoms with Crippen molar-refractivity contribution >= 4 is 17.5 Å². The van der Waals surface area contributed by atoms with Gasteiger partial charge in [-0.25, -0.2) is 4.39 Å². The smallest absolute Gasteiger partial charge is 0.227 e. The van der Waals surface area contributed by atoms with E-state index in [4.69, 9.17) is 0 Å². The maximum Gasteiger partial charge on any atom is 0.227 e. The van der Waals surface area contributed by atoms with Crippen LogP contribution in [0.4, 0.5) is 10.1 Å². The van der Waals surface area contributed by atoms with Crippen molar-refractivity contribution in [3.05, 3.63) is 29.6 Å². The largest absolute Gasteiger partial charge is 0.388 e. The molecule has 0 saturated heterocycles. The molecule has 2 amide bonds. The van der Waals surface area contributed by atoms with E-state index in [1.165, 1.54) is 12.1 Å². The summed E-state index contributed by atoms with van der Waals surface area (Å²) in [6, 6.07) is 4.36. The zero-order chi connectivity index (χ0) is 17.7. The maximum absolute atomic E-state index is 13.3. The van der Waals surface area contributed by atoms with Gasteiger partial charge in [-0.2, -0.15) is 0 Å². The quantitative estimate of drug-likeness (QED) is 0.802. The molecule has 2 rings (SSSR count). The number of aryl methyl sites for hydroxylation is 1. The Kier molecular flexibility index (Phi) is 5.94. The van der Waals surface area contributed by atoms with Crippen molar-refractivity contribution in [2.75, 3.05) is 18.0 Å². The first-order chi connectivity index (χ1) is 11.4. The van der Waals surface area contributed by atoms with Crippen molar-refractivity contribution in [3.63, 3.8) is 0 Å². The predicted octanol–water partition coefficient (Wildman–Crippen LogP) is 2.16. The van der Waals surface area contributed by atoms with Crippen LogP contribution in [-0.4, -0.2) is 35.6 Å². The van der Waals surface area contributed by atoms with Crippen molar-refractivity contribution < 1.29 is 19.1 Å². The van der Waals surface area contributed by atoms with Gasteiger partial charge in [-0.3, -0.25) is 9.59 Å². The highest BCUT2D eigenvalue weighted by atomic mass is 19.1. The summed E-state index contributed by atoms with van der Waals surface area (Å²) in [7, 11) is 0. The Balaban J connectivity index is 1.94. The maximum atomic E-state index is 13.3. The fourth-order valence-corrected chi connectivity index (χ4v) is 2.84. The molecule has 2 N–H and O–H groups in total. The highest BCUT2D eigenvalue weighted by molar-refractivity contribution is 5.97. The number of nitrogens with zero attached hydrogens (tertiary/aromatic N) is 1. The molecule has 6 heteroatoms. The first-order valence-corrected chi connectivity index (χ1v) is 8.46. The number of carbonyl (C=O) groups excluding carboxylic acids is 2. The van der Waals surface area contributed by atoms with Crippen LogP contribution in [0, 0.1) is 5.82 Å². The van der Waals surface area contributed by atoms with E-state index >= 15 is 0 Å². The van der Waals surface area contributed by atoms with E-state index in [0.29, 0.717) is 31.4 Å². The lowest BCUT2D eigenvalue weighted by Crippen LogP contribution is -2.43. The van der Waals surface area contributed by atoms with Crippen LogP contribution < -0.4 is 10.2 Å². The highest BCUT2D eigenvalue weighted by Crippen LogP contribution is 2.28. The van der Waals surface area contributed by atoms with Gasteiger partial charge in [0.05, 0.1) is 5.60 Å². The van der Waals surface area contributed by atoms with Gasteiger partial charge in [-0.15, -0.1) is 0 Å². The molecule has 0 unspecified atom stereocenters. The lowest BCUT2D eigenvalue weighted by atomic mass is 9.97. The van der Waals surface area contributed by atoms with Crippen LogP contribution >= 0.6 is 0 Å². The van der Waals surface area contributed by atoms with Crippen LogP contribution in [0.3, 0.4) is 0 Å². The molecule has 0 aromatic heterocycles. The zero-order valence-electron chi connectivity index (χ0n) is 14.3. The molecule has 5 nitrogen and oxygen atoms in total. The van der Waals surface area contributed by atoms with Crippen molar-refractivity contribution in [3.8, 4) is 0 Å². The van der Waals surface area contributed by atoms with Crippen LogP contribution in [0.2, 0.25) is 0 Å². The van der Waals surface area contributed by atoms with Gasteiger partial charge in [0, 0.05) is 31.6 Å². The monoisotopic (exact) mass is 336 g/mol. The Morgan fingerprint density at radius 3 is 2.71 bits per heavy atom. The average molecular weight is 336 g/mol. The van der Waals surface area contributed by atoms with Gasteiger partial charge in [-0.05, 0) is 43.0 Å². The Bertz CT molecular complexity index is 614. The van der Waals surface area contributed by atoms with E-state index < -0.39 is 5.60 Å². The molecule has 0 fully saturated rings. The zero-order valence-corrected chi connectivity index (χ0v) is 14.3. The molecule has 24 heavy (non-hydrogen) atoms. The number of benzene rings is 1. The first kappa shape index (κ1) is 18.4. The van der Waals surface area contributed by atoms with E-state index in [9.17, 15) is 19.1 Å². The number of carbonyl (C=O) groups is 2. The normalized spacial score (nSPS) is 14.5. The van der Waals surface area contributed by atoms with Gasteiger partial charge < -0.3 is 15.3 Å². The molecule has 1 aromatic carbocycles. The lowest BCUT2D eigenvalue weighted by Gasteiger charge is -2.29. The molecule has 0 aliphatic carbocycles. The molecular weight excluding hydrogens is 311 g/mol. The molecule has 0 bridgehead atoms. The fourth-order valence-electron chi connectivity index (χ4n) is 2.84. The van der Waals surface area contributed by atoms with Crippen LogP contribution in [0.25, 0.3) is 0 Å². The first-order valence-electron chi connectivity index (χ1n) is 8.46. The third-order valence-corrected chi connectivity index (χ3v) is 4.73. The van der Waals surface area contributed by atoms with E-state index in [1.54, 1.807) is 11.0 Å². The van der Waals surface area contributed by atoms with Gasteiger partial charge in [0.25, 0.3) is 0 Å². The van der Waals surface area contributed by atoms with Crippen LogP contribution in [0.1, 0.15) is 45.1 Å². The number of rotatable bonds is 7. The molecular formula is C18H25FN2O3. The Labute approximate surface area is 141 Å². The van der Waals surface area contributed by atoms with Gasteiger partial charge in [-0.1, -0.05) is 13.8 Å². The van der Waals surface area contributed by atoms with E-state index in [0.717, 1.165) is 5.56 Å². The number of nitrogens with one attached hydrogen (secondary N) is 1. The Morgan fingerprint density at radius 2 is 2.04 bits per heavy atom. The number of hydrogen-bond acceptors (Lipinski definition) is 3. The number of fused-ring (bicyclic) bond motifs is 1. The number of hydrogen-bond donors (Lipinski definition) is 2. The summed E-state index contributed by atoms with van der Waals surface area (Å²) in [4.78, 5) is 25.7. The Morgan fingerprint density at radius 1 is 1.33 bits per heavy atom. The minimum absolute atomic E-state index is 0.0551. The second-order valence-electron chi connectivity index (χ2n) is 6.28. The van der Waals surface area contributed by atoms with Crippen molar-refractivity contribution in [2.24, 2.45) is 0 Å². The molecule has 0 saturated carbocycles. The predicted molar refractivity (Wildman–Crippen MR) is 90.2 cm³/mol. The van der Waals surface area contributed by atoms with Crippen LogP contribution in [0.15, 0.2) is 18.2 Å². The second-order valence-corrected chi connectivity index (χ2v) is 6.28. The third-order valence-electron chi connectivity index (χ3n) is 4.73. The topological polar surface area (TPSA) is 69.6 Å². The molecule has 1 heterocycles. The summed E-state index contributed by atoms with van der Waals surface area (Å²) in [5.41, 5.74) is 0.584. The summed E-state index contributed by atoms with van der Waals surface area (Å²) >= 11 is 0. The molecule has 1 aromatic rings. The lowest BCUT2D eigenvalue weighted by molar-refractivity contribution is -0.122. The molecule has 0 spiro atoms. The van der Waals surface area contributed by atoms with E-state index in [2.05, 4.69) is 5.32 Å². The van der Waals surface area contributed by atoms with Crippen LogP contribution in [0.5, 0.6) is 0 Å². The van der Waals surface area contributed by atoms with Gasteiger partial charge in [0.2, 0.25) is 11.8 Å². The Hall–Kier alpha value is -1.95. The fraction of sp³-hybridized carbons (Fsp3) is 0.556. The van der Waals surface area contributed by atoms with Gasteiger partial charge in [0.15, 0.2) is 0 Å². The second kappa shape index (κ2) is 7.75. The summed E-state index contributed by atoms with van der Waals surface area (Å²) in [5, 5.41) is 12.9. The van der Waals surface area contributed by atoms with E-state index in [-0.39, 0.29) is 37.1 Å². The highest BCUT2D eigenvalue weighted by Gasteiger charge is 2.26. The number of aliphatic hydroxyl groups is 1. The van der Waals surface area contributed by atoms with Crippen molar-refractivity contribution in [1.82, 2.24) is 5.32 Å². The van der Waals surface area contributed by atoms with Crippen molar-refractivity contribution in [1.29, 1.82) is 0 Å². The molecule has 132 valence electrons. The standard InChI is InChI=1S/C18H25FN2O3/c1-3-18(24,4-2)12-20-16(22)9-10-21-15-7-6-14(19)11-13(15)5-8-17(21)23/h6-7,11,24H,3-5,8-10,12H2,1-2H3,(H,20,22). The van der Waals surface area contributed by atoms with Crippen molar-refractivity contribution in [2.45, 2.75) is 51.6 Å². The summed E-state index contributed by atoms with van der Waals surface area (Å²) in [6.07, 6.45) is 2.12. The minimum atomic E-state index is -0.888. The van der Waals surface area contributed by atoms with Gasteiger partial charge in [0.1, 0.15) is 5.82 Å². The molecule has 0 radical (unpaired) electrons. The molecule has 1 aliphatic rings. The summed E-state index contributed by atoms with van der Waals surface area (Å²) < 4.78 is 13.3. The summed E-state index contributed by atoms with van der Waals surface area (Å²) in [6.45, 7) is 4.20. The third kappa shape index (κ3) is 4.32. The number of amides is 2.